The van der Waals surface area contributed by atoms with Crippen LogP contribution in [0.5, 0.6) is 0 Å². The Kier molecular flexibility index (Phi) is 6.12. The molecule has 1 aromatic carbocycles. The maximum atomic E-state index is 12.2. The minimum Gasteiger partial charge on any atom is -0.300 e. The zero-order valence-corrected chi connectivity index (χ0v) is 16.0. The predicted octanol–water partition coefficient (Wildman–Crippen LogP) is 4.84. The number of nitrogens with zero attached hydrogens (tertiary/aromatic N) is 3. The van der Waals surface area contributed by atoms with Crippen LogP contribution in [0.3, 0.4) is 0 Å². The van der Waals surface area contributed by atoms with Gasteiger partial charge in [-0.15, -0.1) is 21.5 Å². The number of carbonyl (C=O) groups is 1. The van der Waals surface area contributed by atoms with Gasteiger partial charge in [-0.25, -0.2) is 4.98 Å². The molecule has 0 aliphatic heterocycles. The second-order valence-corrected chi connectivity index (χ2v) is 7.78. The van der Waals surface area contributed by atoms with Crippen molar-refractivity contribution >= 4 is 45.3 Å². The van der Waals surface area contributed by atoms with E-state index in [-0.39, 0.29) is 12.3 Å². The molecule has 0 spiro atoms. The smallest absolute Gasteiger partial charge is 0.232 e. The number of nitrogens with one attached hydrogen (secondary N) is 1. The fourth-order valence-electron chi connectivity index (χ4n) is 2.21. The number of halogens is 1. The molecule has 1 amide bonds. The van der Waals surface area contributed by atoms with E-state index < -0.39 is 0 Å². The van der Waals surface area contributed by atoms with E-state index in [1.807, 2.05) is 29.6 Å². The molecule has 2 aromatic heterocycles. The minimum atomic E-state index is -0.144. The lowest BCUT2D eigenvalue weighted by Gasteiger charge is -1.99. The normalized spacial score (nSPS) is 10.8. The Labute approximate surface area is 159 Å². The first kappa shape index (κ1) is 18.0. The molecule has 5 nitrogen and oxygen atoms in total. The summed E-state index contributed by atoms with van der Waals surface area (Å²) >= 11 is 9.10. The summed E-state index contributed by atoms with van der Waals surface area (Å²) in [5.41, 5.74) is 1.60. The average molecular weight is 393 g/mol. The highest BCUT2D eigenvalue weighted by atomic mass is 35.5. The van der Waals surface area contributed by atoms with Crippen molar-refractivity contribution in [3.05, 3.63) is 45.4 Å². The van der Waals surface area contributed by atoms with Gasteiger partial charge in [0.1, 0.15) is 10.0 Å². The summed E-state index contributed by atoms with van der Waals surface area (Å²) in [6.07, 6.45) is 3.28. The molecule has 0 radical (unpaired) electrons. The standard InChI is InChI=1S/C17H17ClN4OS2/c1-2-3-8-15-21-22-17(25-15)20-14(23)9-11-10-24-16(19-11)12-6-4-5-7-13(12)18/h4-7,10H,2-3,8-9H2,1H3,(H,20,22,23). The number of aromatic nitrogens is 3. The van der Waals surface area contributed by atoms with Crippen molar-refractivity contribution in [1.82, 2.24) is 15.2 Å². The van der Waals surface area contributed by atoms with Crippen LogP contribution >= 0.6 is 34.3 Å². The van der Waals surface area contributed by atoms with Crippen LogP contribution in [-0.4, -0.2) is 21.1 Å². The number of thiazole rings is 1. The number of amides is 1. The Morgan fingerprint density at radius 2 is 2.12 bits per heavy atom. The van der Waals surface area contributed by atoms with E-state index >= 15 is 0 Å². The van der Waals surface area contributed by atoms with E-state index in [1.165, 1.54) is 22.7 Å². The van der Waals surface area contributed by atoms with Crippen LogP contribution in [-0.2, 0) is 17.6 Å². The van der Waals surface area contributed by atoms with Crippen molar-refractivity contribution in [3.8, 4) is 10.6 Å². The third-order valence-electron chi connectivity index (χ3n) is 3.46. The lowest BCUT2D eigenvalue weighted by Crippen LogP contribution is -2.14. The number of unbranched alkanes of at least 4 members (excludes halogenated alkanes) is 1. The van der Waals surface area contributed by atoms with Crippen LogP contribution < -0.4 is 5.32 Å². The summed E-state index contributed by atoms with van der Waals surface area (Å²) in [7, 11) is 0. The number of hydrogen-bond acceptors (Lipinski definition) is 6. The average Bonchev–Trinajstić information content (AvgIpc) is 3.23. The molecule has 0 bridgehead atoms. The van der Waals surface area contributed by atoms with Gasteiger partial charge in [0.25, 0.3) is 0 Å². The topological polar surface area (TPSA) is 67.8 Å². The first-order valence-corrected chi connectivity index (χ1v) is 10.0. The van der Waals surface area contributed by atoms with Gasteiger partial charge in [-0.2, -0.15) is 0 Å². The number of anilines is 1. The molecule has 0 saturated heterocycles. The highest BCUT2D eigenvalue weighted by Gasteiger charge is 2.13. The van der Waals surface area contributed by atoms with E-state index in [0.717, 1.165) is 34.8 Å². The maximum Gasteiger partial charge on any atom is 0.232 e. The van der Waals surface area contributed by atoms with E-state index in [9.17, 15) is 4.79 Å². The summed E-state index contributed by atoms with van der Waals surface area (Å²) in [5.74, 6) is -0.144. The molecule has 130 valence electrons. The summed E-state index contributed by atoms with van der Waals surface area (Å²) in [6.45, 7) is 2.13. The van der Waals surface area contributed by atoms with Crippen LogP contribution in [0.2, 0.25) is 5.02 Å². The quantitative estimate of drug-likeness (QED) is 0.624. The van der Waals surface area contributed by atoms with Crippen LogP contribution in [0.25, 0.3) is 10.6 Å². The van der Waals surface area contributed by atoms with Gasteiger partial charge in [0.05, 0.1) is 17.1 Å². The second-order valence-electron chi connectivity index (χ2n) is 5.45. The Balaban J connectivity index is 1.60. The summed E-state index contributed by atoms with van der Waals surface area (Å²) in [5, 5.41) is 15.7. The third kappa shape index (κ3) is 4.84. The Morgan fingerprint density at radius 3 is 2.92 bits per heavy atom. The van der Waals surface area contributed by atoms with Crippen LogP contribution in [0.1, 0.15) is 30.5 Å². The molecule has 3 rings (SSSR count). The highest BCUT2D eigenvalue weighted by molar-refractivity contribution is 7.15. The fraction of sp³-hybridized carbons (Fsp3) is 0.294. The molecule has 0 aliphatic carbocycles. The van der Waals surface area contributed by atoms with Gasteiger partial charge in [-0.05, 0) is 12.5 Å². The first-order chi connectivity index (χ1) is 12.2. The highest BCUT2D eigenvalue weighted by Crippen LogP contribution is 2.30. The Morgan fingerprint density at radius 1 is 1.28 bits per heavy atom. The molecule has 0 atom stereocenters. The molecular weight excluding hydrogens is 376 g/mol. The zero-order valence-electron chi connectivity index (χ0n) is 13.7. The molecule has 3 aromatic rings. The number of benzene rings is 1. The predicted molar refractivity (Wildman–Crippen MR) is 103 cm³/mol. The molecule has 2 heterocycles. The zero-order chi connectivity index (χ0) is 17.6. The monoisotopic (exact) mass is 392 g/mol. The van der Waals surface area contributed by atoms with Crippen LogP contribution in [0, 0.1) is 0 Å². The van der Waals surface area contributed by atoms with Crippen molar-refractivity contribution in [2.45, 2.75) is 32.6 Å². The van der Waals surface area contributed by atoms with Crippen LogP contribution in [0.4, 0.5) is 5.13 Å². The van der Waals surface area contributed by atoms with Gasteiger partial charge in [0.15, 0.2) is 0 Å². The lowest BCUT2D eigenvalue weighted by atomic mass is 10.2. The van der Waals surface area contributed by atoms with E-state index in [0.29, 0.717) is 15.8 Å². The van der Waals surface area contributed by atoms with Gasteiger partial charge < -0.3 is 5.32 Å². The molecule has 1 N–H and O–H groups in total. The number of rotatable bonds is 7. The molecule has 0 unspecified atom stereocenters. The number of aryl methyl sites for hydroxylation is 1. The minimum absolute atomic E-state index is 0.144. The molecule has 0 aliphatic rings. The SMILES string of the molecule is CCCCc1nnc(NC(=O)Cc2csc(-c3ccccc3Cl)n2)s1. The second kappa shape index (κ2) is 8.51. The maximum absolute atomic E-state index is 12.2. The number of hydrogen-bond donors (Lipinski definition) is 1. The van der Waals surface area contributed by atoms with E-state index in [2.05, 4.69) is 27.4 Å². The van der Waals surface area contributed by atoms with Crippen LogP contribution in [0.15, 0.2) is 29.6 Å². The molecule has 25 heavy (non-hydrogen) atoms. The Bertz CT molecular complexity index is 862. The number of carbonyl (C=O) groups excluding carboxylic acids is 1. The fourth-order valence-corrected chi connectivity index (χ4v) is 4.15. The molecule has 0 saturated carbocycles. The first-order valence-electron chi connectivity index (χ1n) is 7.97. The van der Waals surface area contributed by atoms with Crippen molar-refractivity contribution in [1.29, 1.82) is 0 Å². The summed E-state index contributed by atoms with van der Waals surface area (Å²) < 4.78 is 0. The lowest BCUT2D eigenvalue weighted by molar-refractivity contribution is -0.115. The van der Waals surface area contributed by atoms with Crippen molar-refractivity contribution in [3.63, 3.8) is 0 Å². The Hall–Kier alpha value is -1.83. The third-order valence-corrected chi connectivity index (χ3v) is 5.61. The summed E-state index contributed by atoms with van der Waals surface area (Å²) in [4.78, 5) is 16.7. The van der Waals surface area contributed by atoms with E-state index in [4.69, 9.17) is 11.6 Å². The van der Waals surface area contributed by atoms with Gasteiger partial charge >= 0.3 is 0 Å². The molecular formula is C17H17ClN4OS2. The van der Waals surface area contributed by atoms with Gasteiger partial charge in [0.2, 0.25) is 11.0 Å². The van der Waals surface area contributed by atoms with Gasteiger partial charge in [0, 0.05) is 17.4 Å². The largest absolute Gasteiger partial charge is 0.300 e. The van der Waals surface area contributed by atoms with E-state index in [1.54, 1.807) is 0 Å². The summed E-state index contributed by atoms with van der Waals surface area (Å²) in [6, 6.07) is 7.55. The van der Waals surface area contributed by atoms with Gasteiger partial charge in [-0.3, -0.25) is 4.79 Å². The molecule has 0 fully saturated rings. The van der Waals surface area contributed by atoms with Gasteiger partial charge in [-0.1, -0.05) is 54.5 Å². The van der Waals surface area contributed by atoms with Crippen molar-refractivity contribution in [2.24, 2.45) is 0 Å². The van der Waals surface area contributed by atoms with Crippen molar-refractivity contribution < 1.29 is 4.79 Å². The van der Waals surface area contributed by atoms with Crippen molar-refractivity contribution in [2.75, 3.05) is 5.32 Å². The molecule has 8 heteroatoms.